The Morgan fingerprint density at radius 2 is 2.11 bits per heavy atom. The van der Waals surface area contributed by atoms with E-state index in [2.05, 4.69) is 0 Å². The molecule has 2 N–H and O–H groups in total. The first kappa shape index (κ1) is 13.1. The third-order valence-electron chi connectivity index (χ3n) is 2.78. The monoisotopic (exact) mass is 290 g/mol. The lowest BCUT2D eigenvalue weighted by atomic mass is 10.1. The Morgan fingerprint density at radius 1 is 1.44 bits per heavy atom. The van der Waals surface area contributed by atoms with Crippen LogP contribution in [0.5, 0.6) is 0 Å². The van der Waals surface area contributed by atoms with E-state index in [-0.39, 0.29) is 34.6 Å². The van der Waals surface area contributed by atoms with Crippen LogP contribution in [0.4, 0.5) is 10.1 Å². The molecule has 4 nitrogen and oxygen atoms in total. The van der Waals surface area contributed by atoms with Crippen LogP contribution in [0, 0.1) is 11.7 Å². The smallest absolute Gasteiger partial charge is 0.227 e. The molecular weight excluding hydrogens is 282 g/mol. The number of benzene rings is 1. The van der Waals surface area contributed by atoms with Crippen molar-refractivity contribution in [1.29, 1.82) is 0 Å². The Balaban J connectivity index is 2.39. The highest BCUT2D eigenvalue weighted by Crippen LogP contribution is 2.35. The Labute approximate surface area is 112 Å². The zero-order valence-electron chi connectivity index (χ0n) is 9.12. The maximum atomic E-state index is 13.8. The van der Waals surface area contributed by atoms with E-state index < -0.39 is 17.6 Å². The normalized spacial score (nSPS) is 19.4. The number of rotatable bonds is 2. The molecule has 1 fully saturated rings. The molecule has 0 bridgehead atoms. The quantitative estimate of drug-likeness (QED) is 0.905. The number of carbonyl (C=O) groups excluding carboxylic acids is 2. The molecule has 2 rings (SSSR count). The van der Waals surface area contributed by atoms with E-state index in [4.69, 9.17) is 28.9 Å². The van der Waals surface area contributed by atoms with Gasteiger partial charge in [-0.1, -0.05) is 23.2 Å². The predicted octanol–water partition coefficient (Wildman–Crippen LogP) is 1.97. The van der Waals surface area contributed by atoms with Crippen LogP contribution in [0.2, 0.25) is 10.0 Å². The topological polar surface area (TPSA) is 63.4 Å². The summed E-state index contributed by atoms with van der Waals surface area (Å²) >= 11 is 11.5. The predicted molar refractivity (Wildman–Crippen MR) is 66.1 cm³/mol. The summed E-state index contributed by atoms with van der Waals surface area (Å²) in [5.74, 6) is -2.30. The molecule has 0 spiro atoms. The minimum Gasteiger partial charge on any atom is -0.369 e. The number of carbonyl (C=O) groups is 2. The number of hydrogen-bond acceptors (Lipinski definition) is 2. The molecule has 96 valence electrons. The van der Waals surface area contributed by atoms with E-state index in [1.165, 1.54) is 6.07 Å². The molecule has 0 saturated carbocycles. The van der Waals surface area contributed by atoms with E-state index in [0.29, 0.717) is 0 Å². The highest BCUT2D eigenvalue weighted by molar-refractivity contribution is 6.36. The molecule has 1 heterocycles. The van der Waals surface area contributed by atoms with Crippen molar-refractivity contribution in [2.24, 2.45) is 11.7 Å². The summed E-state index contributed by atoms with van der Waals surface area (Å²) in [6.07, 6.45) is -0.0340. The molecule has 0 aromatic heterocycles. The Kier molecular flexibility index (Phi) is 3.45. The second kappa shape index (κ2) is 4.74. The average Bonchev–Trinajstić information content (AvgIpc) is 2.59. The van der Waals surface area contributed by atoms with Gasteiger partial charge in [-0.25, -0.2) is 4.39 Å². The molecule has 1 saturated heterocycles. The lowest BCUT2D eigenvalue weighted by Crippen LogP contribution is -2.29. The lowest BCUT2D eigenvalue weighted by molar-refractivity contribution is -0.123. The number of anilines is 1. The number of halogens is 3. The Morgan fingerprint density at radius 3 is 2.61 bits per heavy atom. The summed E-state index contributed by atoms with van der Waals surface area (Å²) in [6.45, 7) is 0.0342. The van der Waals surface area contributed by atoms with Crippen LogP contribution in [0.15, 0.2) is 12.1 Å². The fraction of sp³-hybridized carbons (Fsp3) is 0.273. The summed E-state index contributed by atoms with van der Waals surface area (Å²) in [7, 11) is 0. The minimum atomic E-state index is -0.703. The van der Waals surface area contributed by atoms with E-state index in [1.54, 1.807) is 0 Å². The van der Waals surface area contributed by atoms with Gasteiger partial charge >= 0.3 is 0 Å². The molecule has 0 radical (unpaired) electrons. The van der Waals surface area contributed by atoms with Crippen LogP contribution in [0.1, 0.15) is 6.42 Å². The molecule has 1 aliphatic rings. The molecule has 1 aliphatic heterocycles. The van der Waals surface area contributed by atoms with Crippen molar-refractivity contribution in [3.63, 3.8) is 0 Å². The number of nitrogens with two attached hydrogens (primary N) is 1. The van der Waals surface area contributed by atoms with Crippen molar-refractivity contribution < 1.29 is 14.0 Å². The van der Waals surface area contributed by atoms with Crippen LogP contribution >= 0.6 is 23.2 Å². The largest absolute Gasteiger partial charge is 0.369 e. The zero-order chi connectivity index (χ0) is 13.4. The van der Waals surface area contributed by atoms with E-state index in [9.17, 15) is 14.0 Å². The molecule has 1 aromatic rings. The average molecular weight is 291 g/mol. The first-order valence-electron chi connectivity index (χ1n) is 5.14. The summed E-state index contributed by atoms with van der Waals surface area (Å²) in [5, 5.41) is 0.165. The number of nitrogens with zero attached hydrogens (tertiary/aromatic N) is 1. The van der Waals surface area contributed by atoms with E-state index in [1.807, 2.05) is 0 Å². The van der Waals surface area contributed by atoms with Gasteiger partial charge in [-0.3, -0.25) is 9.59 Å². The van der Waals surface area contributed by atoms with Crippen molar-refractivity contribution >= 4 is 40.7 Å². The lowest BCUT2D eigenvalue weighted by Gasteiger charge is -2.18. The van der Waals surface area contributed by atoms with Gasteiger partial charge in [-0.05, 0) is 12.1 Å². The van der Waals surface area contributed by atoms with Gasteiger partial charge in [0.2, 0.25) is 11.8 Å². The van der Waals surface area contributed by atoms with Crippen LogP contribution in [-0.2, 0) is 9.59 Å². The van der Waals surface area contributed by atoms with Gasteiger partial charge in [0.05, 0.1) is 16.6 Å². The van der Waals surface area contributed by atoms with Gasteiger partial charge in [0.25, 0.3) is 0 Å². The molecule has 1 aromatic carbocycles. The van der Waals surface area contributed by atoms with E-state index >= 15 is 0 Å². The van der Waals surface area contributed by atoms with Crippen LogP contribution in [0.25, 0.3) is 0 Å². The fourth-order valence-corrected chi connectivity index (χ4v) is 2.48. The van der Waals surface area contributed by atoms with Gasteiger partial charge in [-0.2, -0.15) is 0 Å². The molecule has 1 atom stereocenters. The first-order chi connectivity index (χ1) is 8.40. The van der Waals surface area contributed by atoms with Crippen molar-refractivity contribution in [3.05, 3.63) is 28.0 Å². The number of hydrogen-bond donors (Lipinski definition) is 1. The summed E-state index contributed by atoms with van der Waals surface area (Å²) in [5.41, 5.74) is 5.07. The highest BCUT2D eigenvalue weighted by Gasteiger charge is 2.36. The summed E-state index contributed by atoms with van der Waals surface area (Å²) in [6, 6.07) is 2.40. The van der Waals surface area contributed by atoms with Gasteiger partial charge in [-0.15, -0.1) is 0 Å². The third-order valence-corrected chi connectivity index (χ3v) is 3.29. The molecule has 2 amide bonds. The van der Waals surface area contributed by atoms with E-state index in [0.717, 1.165) is 11.0 Å². The molecule has 1 unspecified atom stereocenters. The van der Waals surface area contributed by atoms with Crippen LogP contribution in [-0.4, -0.2) is 18.4 Å². The van der Waals surface area contributed by atoms with Gasteiger partial charge < -0.3 is 10.6 Å². The van der Waals surface area contributed by atoms with Crippen LogP contribution in [0.3, 0.4) is 0 Å². The second-order valence-electron chi connectivity index (χ2n) is 4.03. The SMILES string of the molecule is NC(=O)C1CC(=O)N(c2c(F)cc(Cl)cc2Cl)C1. The molecule has 0 aliphatic carbocycles. The highest BCUT2D eigenvalue weighted by atomic mass is 35.5. The number of primary amides is 1. The fourth-order valence-electron chi connectivity index (χ4n) is 1.91. The molecule has 7 heteroatoms. The summed E-state index contributed by atoms with van der Waals surface area (Å²) < 4.78 is 13.8. The second-order valence-corrected chi connectivity index (χ2v) is 4.87. The van der Waals surface area contributed by atoms with Crippen LogP contribution < -0.4 is 10.6 Å². The number of amides is 2. The van der Waals surface area contributed by atoms with Crippen molar-refractivity contribution in [1.82, 2.24) is 0 Å². The first-order valence-corrected chi connectivity index (χ1v) is 5.90. The maximum Gasteiger partial charge on any atom is 0.227 e. The minimum absolute atomic E-state index is 0.0264. The van der Waals surface area contributed by atoms with Crippen molar-refractivity contribution in [2.75, 3.05) is 11.4 Å². The van der Waals surface area contributed by atoms with Crippen molar-refractivity contribution in [3.8, 4) is 0 Å². The standard InChI is InChI=1S/C11H9Cl2FN2O2/c12-6-2-7(13)10(8(14)3-6)16-4-5(11(15)18)1-9(16)17/h2-3,5H,1,4H2,(H2,15,18). The third kappa shape index (κ3) is 2.28. The van der Waals surface area contributed by atoms with Gasteiger partial charge in [0, 0.05) is 18.0 Å². The Bertz CT molecular complexity index is 513. The Hall–Kier alpha value is -1.33. The molecule has 18 heavy (non-hydrogen) atoms. The summed E-state index contributed by atoms with van der Waals surface area (Å²) in [4.78, 5) is 23.9. The molecular formula is C11H9Cl2FN2O2. The van der Waals surface area contributed by atoms with Gasteiger partial charge in [0.15, 0.2) is 0 Å². The maximum absolute atomic E-state index is 13.8. The van der Waals surface area contributed by atoms with Crippen molar-refractivity contribution in [2.45, 2.75) is 6.42 Å². The zero-order valence-corrected chi connectivity index (χ0v) is 10.6. The van der Waals surface area contributed by atoms with Gasteiger partial charge in [0.1, 0.15) is 5.82 Å².